The van der Waals surface area contributed by atoms with Gasteiger partial charge >= 0.3 is 6.03 Å². The number of hydrogen-bond acceptors (Lipinski definition) is 3. The Bertz CT molecular complexity index is 293. The van der Waals surface area contributed by atoms with Crippen LogP contribution in [-0.2, 0) is 4.79 Å². The van der Waals surface area contributed by atoms with Crippen LogP contribution in [0, 0.1) is 0 Å². The zero-order valence-electron chi connectivity index (χ0n) is 10.7. The van der Waals surface area contributed by atoms with Gasteiger partial charge in [-0.3, -0.25) is 10.1 Å². The van der Waals surface area contributed by atoms with E-state index in [9.17, 15) is 9.59 Å². The van der Waals surface area contributed by atoms with Crippen molar-refractivity contribution in [3.05, 3.63) is 0 Å². The van der Waals surface area contributed by atoms with Gasteiger partial charge in [-0.15, -0.1) is 0 Å². The van der Waals surface area contributed by atoms with Gasteiger partial charge in [0, 0.05) is 13.2 Å². The van der Waals surface area contributed by atoms with Crippen LogP contribution in [0.3, 0.4) is 0 Å². The molecular formula is C12H22N2O3. The molecule has 0 aromatic heterocycles. The standard InChI is InChI=1S/C12H22N2O3/c1-3-12(2)10(16)13-11(17)14(12)8-6-4-5-7-9-15/h15H,3-9H2,1-2H3,(H,13,16,17). The van der Waals surface area contributed by atoms with Crippen LogP contribution in [-0.4, -0.2) is 40.6 Å². The molecule has 1 heterocycles. The molecule has 5 nitrogen and oxygen atoms in total. The van der Waals surface area contributed by atoms with E-state index < -0.39 is 5.54 Å². The predicted molar refractivity (Wildman–Crippen MR) is 64.5 cm³/mol. The highest BCUT2D eigenvalue weighted by Crippen LogP contribution is 2.25. The fourth-order valence-electron chi connectivity index (χ4n) is 2.08. The van der Waals surface area contributed by atoms with Gasteiger partial charge in [-0.05, 0) is 26.2 Å². The summed E-state index contributed by atoms with van der Waals surface area (Å²) in [7, 11) is 0. The average Bonchev–Trinajstić information content (AvgIpc) is 2.52. The number of nitrogens with one attached hydrogen (secondary N) is 1. The molecule has 0 bridgehead atoms. The fraction of sp³-hybridized carbons (Fsp3) is 0.833. The monoisotopic (exact) mass is 242 g/mol. The van der Waals surface area contributed by atoms with Gasteiger partial charge in [-0.2, -0.15) is 0 Å². The summed E-state index contributed by atoms with van der Waals surface area (Å²) in [5.74, 6) is -0.194. The molecule has 2 N–H and O–H groups in total. The van der Waals surface area contributed by atoms with E-state index in [1.165, 1.54) is 0 Å². The summed E-state index contributed by atoms with van der Waals surface area (Å²) in [4.78, 5) is 24.9. The van der Waals surface area contributed by atoms with Gasteiger partial charge in [0.25, 0.3) is 5.91 Å². The van der Waals surface area contributed by atoms with Gasteiger partial charge in [0.05, 0.1) is 0 Å². The molecule has 17 heavy (non-hydrogen) atoms. The number of imide groups is 1. The van der Waals surface area contributed by atoms with Crippen molar-refractivity contribution in [2.24, 2.45) is 0 Å². The number of aliphatic hydroxyl groups is 1. The zero-order chi connectivity index (χ0) is 12.9. The highest BCUT2D eigenvalue weighted by molar-refractivity contribution is 6.06. The maximum atomic E-state index is 11.7. The lowest BCUT2D eigenvalue weighted by Crippen LogP contribution is -2.46. The van der Waals surface area contributed by atoms with Crippen LogP contribution in [0.1, 0.15) is 46.0 Å². The summed E-state index contributed by atoms with van der Waals surface area (Å²) >= 11 is 0. The van der Waals surface area contributed by atoms with E-state index in [0.717, 1.165) is 25.7 Å². The van der Waals surface area contributed by atoms with Crippen LogP contribution in [0.2, 0.25) is 0 Å². The number of nitrogens with zero attached hydrogens (tertiary/aromatic N) is 1. The van der Waals surface area contributed by atoms with E-state index >= 15 is 0 Å². The van der Waals surface area contributed by atoms with Crippen LogP contribution in [0.25, 0.3) is 0 Å². The first kappa shape index (κ1) is 14.0. The van der Waals surface area contributed by atoms with Crippen LogP contribution in [0.15, 0.2) is 0 Å². The normalized spacial score (nSPS) is 24.3. The molecule has 1 unspecified atom stereocenters. The summed E-state index contributed by atoms with van der Waals surface area (Å²) < 4.78 is 0. The minimum atomic E-state index is -0.686. The molecule has 0 aromatic carbocycles. The van der Waals surface area contributed by atoms with E-state index in [-0.39, 0.29) is 18.5 Å². The maximum Gasteiger partial charge on any atom is 0.325 e. The Morgan fingerprint density at radius 1 is 1.24 bits per heavy atom. The SMILES string of the molecule is CCC1(C)C(=O)NC(=O)N1CCCCCCO. The Hall–Kier alpha value is -1.10. The molecular weight excluding hydrogens is 220 g/mol. The van der Waals surface area contributed by atoms with Crippen LogP contribution in [0.5, 0.6) is 0 Å². The van der Waals surface area contributed by atoms with E-state index in [1.807, 2.05) is 6.92 Å². The molecule has 5 heteroatoms. The molecule has 1 rings (SSSR count). The summed E-state index contributed by atoms with van der Waals surface area (Å²) in [5, 5.41) is 11.0. The van der Waals surface area contributed by atoms with E-state index in [1.54, 1.807) is 11.8 Å². The minimum Gasteiger partial charge on any atom is -0.396 e. The molecule has 0 saturated carbocycles. The molecule has 98 valence electrons. The fourth-order valence-corrected chi connectivity index (χ4v) is 2.08. The molecule has 1 saturated heterocycles. The number of aliphatic hydroxyl groups excluding tert-OH is 1. The average molecular weight is 242 g/mol. The van der Waals surface area contributed by atoms with Crippen molar-refractivity contribution in [2.75, 3.05) is 13.2 Å². The molecule has 1 fully saturated rings. The Morgan fingerprint density at radius 3 is 2.47 bits per heavy atom. The predicted octanol–water partition coefficient (Wildman–Crippen LogP) is 1.26. The van der Waals surface area contributed by atoms with Crippen molar-refractivity contribution in [2.45, 2.75) is 51.5 Å². The van der Waals surface area contributed by atoms with Crippen molar-refractivity contribution in [3.8, 4) is 0 Å². The first-order valence-electron chi connectivity index (χ1n) is 6.30. The molecule has 3 amide bonds. The van der Waals surface area contributed by atoms with Crippen molar-refractivity contribution >= 4 is 11.9 Å². The largest absolute Gasteiger partial charge is 0.396 e. The molecule has 0 aromatic rings. The number of carbonyl (C=O) groups excluding carboxylic acids is 2. The second-order valence-electron chi connectivity index (χ2n) is 4.68. The van der Waals surface area contributed by atoms with Gasteiger partial charge in [-0.25, -0.2) is 4.79 Å². The second kappa shape index (κ2) is 6.00. The quantitative estimate of drug-likeness (QED) is 0.521. The number of amides is 3. The van der Waals surface area contributed by atoms with Gasteiger partial charge in [0.1, 0.15) is 5.54 Å². The van der Waals surface area contributed by atoms with Gasteiger partial charge in [0.15, 0.2) is 0 Å². The Morgan fingerprint density at radius 2 is 1.88 bits per heavy atom. The molecule has 1 aliphatic heterocycles. The van der Waals surface area contributed by atoms with E-state index in [0.29, 0.717) is 13.0 Å². The lowest BCUT2D eigenvalue weighted by atomic mass is 9.97. The van der Waals surface area contributed by atoms with E-state index in [2.05, 4.69) is 5.32 Å². The minimum absolute atomic E-state index is 0.194. The number of unbranched alkanes of at least 4 members (excludes halogenated alkanes) is 3. The van der Waals surface area contributed by atoms with Gasteiger partial charge in [0.2, 0.25) is 0 Å². The highest BCUT2D eigenvalue weighted by Gasteiger charge is 2.47. The van der Waals surface area contributed by atoms with Crippen LogP contribution < -0.4 is 5.32 Å². The van der Waals surface area contributed by atoms with Crippen LogP contribution >= 0.6 is 0 Å². The number of rotatable bonds is 7. The Kier molecular flexibility index (Phi) is 4.93. The van der Waals surface area contributed by atoms with Crippen LogP contribution in [0.4, 0.5) is 4.79 Å². The number of carbonyl (C=O) groups is 2. The number of hydrogen-bond donors (Lipinski definition) is 2. The summed E-state index contributed by atoms with van der Waals surface area (Å²) in [6.45, 7) is 4.54. The topological polar surface area (TPSA) is 69.6 Å². The smallest absolute Gasteiger partial charge is 0.325 e. The summed E-state index contributed by atoms with van der Waals surface area (Å²) in [5.41, 5.74) is -0.686. The van der Waals surface area contributed by atoms with Crippen molar-refractivity contribution < 1.29 is 14.7 Å². The molecule has 0 radical (unpaired) electrons. The molecule has 1 aliphatic rings. The first-order valence-corrected chi connectivity index (χ1v) is 6.30. The summed E-state index contributed by atoms with van der Waals surface area (Å²) in [6.07, 6.45) is 4.23. The molecule has 0 spiro atoms. The lowest BCUT2D eigenvalue weighted by molar-refractivity contribution is -0.126. The Labute approximate surface area is 102 Å². The van der Waals surface area contributed by atoms with Gasteiger partial charge in [-0.1, -0.05) is 19.8 Å². The zero-order valence-corrected chi connectivity index (χ0v) is 10.7. The van der Waals surface area contributed by atoms with Crippen molar-refractivity contribution in [3.63, 3.8) is 0 Å². The van der Waals surface area contributed by atoms with Crippen molar-refractivity contribution in [1.82, 2.24) is 10.2 Å². The lowest BCUT2D eigenvalue weighted by Gasteiger charge is -2.30. The third-order valence-electron chi connectivity index (χ3n) is 3.53. The van der Waals surface area contributed by atoms with E-state index in [4.69, 9.17) is 5.11 Å². The van der Waals surface area contributed by atoms with Gasteiger partial charge < -0.3 is 10.0 Å². The first-order chi connectivity index (χ1) is 8.06. The second-order valence-corrected chi connectivity index (χ2v) is 4.68. The summed E-state index contributed by atoms with van der Waals surface area (Å²) in [6, 6.07) is -0.276. The highest BCUT2D eigenvalue weighted by atomic mass is 16.3. The van der Waals surface area contributed by atoms with Crippen molar-refractivity contribution in [1.29, 1.82) is 0 Å². The Balaban J connectivity index is 2.45. The number of urea groups is 1. The third kappa shape index (κ3) is 2.97. The third-order valence-corrected chi connectivity index (χ3v) is 3.53. The molecule has 0 aliphatic carbocycles. The maximum absolute atomic E-state index is 11.7. The molecule has 1 atom stereocenters.